The van der Waals surface area contributed by atoms with Crippen LogP contribution in [0.4, 0.5) is 0 Å². The molecule has 5 rings (SSSR count). The van der Waals surface area contributed by atoms with E-state index in [4.69, 9.17) is 8.83 Å². The molecule has 0 aliphatic heterocycles. The average molecular weight is 395 g/mol. The second-order valence-electron chi connectivity index (χ2n) is 6.99. The van der Waals surface area contributed by atoms with Crippen molar-refractivity contribution in [3.63, 3.8) is 0 Å². The molecule has 5 heteroatoms. The molecule has 0 spiro atoms. The Morgan fingerprint density at radius 3 is 2.03 bits per heavy atom. The zero-order valence-electron chi connectivity index (χ0n) is 15.9. The Morgan fingerprint density at radius 1 is 0.733 bits per heavy atom. The molecule has 0 fully saturated rings. The van der Waals surface area contributed by atoms with Crippen LogP contribution in [0.3, 0.4) is 0 Å². The third kappa shape index (κ3) is 3.26. The van der Waals surface area contributed by atoms with E-state index in [-0.39, 0.29) is 5.56 Å². The maximum Gasteiger partial charge on any atom is 0.349 e. The van der Waals surface area contributed by atoms with Crippen molar-refractivity contribution in [1.82, 2.24) is 5.32 Å². The normalized spacial score (nSPS) is 12.1. The van der Waals surface area contributed by atoms with Crippen LogP contribution in [0.15, 0.2) is 105 Å². The third-order valence-electron chi connectivity index (χ3n) is 5.02. The molecule has 2 heterocycles. The Bertz CT molecular complexity index is 1380. The summed E-state index contributed by atoms with van der Waals surface area (Å²) in [6, 6.07) is 27.1. The van der Waals surface area contributed by atoms with Crippen molar-refractivity contribution >= 4 is 27.8 Å². The molecule has 30 heavy (non-hydrogen) atoms. The Balaban J connectivity index is 1.56. The summed E-state index contributed by atoms with van der Waals surface area (Å²) in [6.45, 7) is 0. The molecular formula is C25H17NO4. The molecule has 1 N–H and O–H groups in total. The number of rotatable bonds is 4. The number of carbonyl (C=O) groups is 1. The van der Waals surface area contributed by atoms with Gasteiger partial charge in [0.2, 0.25) is 0 Å². The van der Waals surface area contributed by atoms with Crippen molar-refractivity contribution in [2.45, 2.75) is 6.04 Å². The quantitative estimate of drug-likeness (QED) is 0.432. The molecule has 146 valence electrons. The second kappa shape index (κ2) is 7.37. The van der Waals surface area contributed by atoms with E-state index in [2.05, 4.69) is 5.32 Å². The van der Waals surface area contributed by atoms with Gasteiger partial charge in [-0.1, -0.05) is 66.7 Å². The number of amides is 1. The lowest BCUT2D eigenvalue weighted by molar-refractivity contribution is 0.0935. The fourth-order valence-corrected chi connectivity index (χ4v) is 3.54. The molecule has 1 atom stereocenters. The predicted molar refractivity (Wildman–Crippen MR) is 114 cm³/mol. The molecule has 1 amide bonds. The Morgan fingerprint density at radius 2 is 1.33 bits per heavy atom. The zero-order valence-corrected chi connectivity index (χ0v) is 15.9. The fraction of sp³-hybridized carbons (Fsp3) is 0.0400. The number of furan rings is 1. The minimum absolute atomic E-state index is 0.0502. The lowest BCUT2D eigenvalue weighted by atomic mass is 10.0. The van der Waals surface area contributed by atoms with Gasteiger partial charge in [-0.3, -0.25) is 4.79 Å². The molecule has 0 bridgehead atoms. The van der Waals surface area contributed by atoms with Gasteiger partial charge in [0.1, 0.15) is 28.5 Å². The van der Waals surface area contributed by atoms with Crippen molar-refractivity contribution in [1.29, 1.82) is 0 Å². The maximum atomic E-state index is 13.1. The van der Waals surface area contributed by atoms with Crippen LogP contribution in [-0.2, 0) is 0 Å². The van der Waals surface area contributed by atoms with Crippen LogP contribution < -0.4 is 10.9 Å². The number of para-hydroxylation sites is 2. The van der Waals surface area contributed by atoms with Crippen molar-refractivity contribution in [3.05, 3.63) is 118 Å². The molecule has 0 saturated heterocycles. The standard InChI is InChI=1S/C25H17NO4/c27-24(19-14-17-10-4-7-13-21(17)30-25(19)28)26-23(16-8-2-1-3-9-16)22-15-18-11-5-6-12-20(18)29-22/h1-15,23H,(H,26,27). The van der Waals surface area contributed by atoms with Crippen LogP contribution in [0.2, 0.25) is 0 Å². The monoisotopic (exact) mass is 395 g/mol. The van der Waals surface area contributed by atoms with E-state index in [9.17, 15) is 9.59 Å². The molecule has 1 unspecified atom stereocenters. The van der Waals surface area contributed by atoms with Gasteiger partial charge in [0.05, 0.1) is 0 Å². The van der Waals surface area contributed by atoms with Crippen LogP contribution in [0.25, 0.3) is 21.9 Å². The molecule has 3 aromatic carbocycles. The van der Waals surface area contributed by atoms with E-state index in [1.54, 1.807) is 24.3 Å². The van der Waals surface area contributed by atoms with Gasteiger partial charge in [-0.2, -0.15) is 0 Å². The van der Waals surface area contributed by atoms with Gasteiger partial charge in [0.25, 0.3) is 5.91 Å². The topological polar surface area (TPSA) is 72.5 Å². The van der Waals surface area contributed by atoms with Gasteiger partial charge in [-0.15, -0.1) is 0 Å². The van der Waals surface area contributed by atoms with Crippen LogP contribution in [0, 0.1) is 0 Å². The summed E-state index contributed by atoms with van der Waals surface area (Å²) < 4.78 is 11.3. The lowest BCUT2D eigenvalue weighted by Gasteiger charge is -2.17. The van der Waals surface area contributed by atoms with Gasteiger partial charge < -0.3 is 14.2 Å². The molecule has 0 radical (unpaired) electrons. The van der Waals surface area contributed by atoms with Crippen molar-refractivity contribution in [3.8, 4) is 0 Å². The molecule has 0 saturated carbocycles. The molecule has 5 nitrogen and oxygen atoms in total. The van der Waals surface area contributed by atoms with Gasteiger partial charge in [-0.05, 0) is 29.8 Å². The smallest absolute Gasteiger partial charge is 0.349 e. The van der Waals surface area contributed by atoms with E-state index in [0.717, 1.165) is 16.5 Å². The highest BCUT2D eigenvalue weighted by atomic mass is 16.4. The average Bonchev–Trinajstić information content (AvgIpc) is 3.21. The summed E-state index contributed by atoms with van der Waals surface area (Å²) in [7, 11) is 0. The van der Waals surface area contributed by atoms with Crippen molar-refractivity contribution < 1.29 is 13.6 Å². The van der Waals surface area contributed by atoms with Crippen molar-refractivity contribution in [2.75, 3.05) is 0 Å². The predicted octanol–water partition coefficient (Wildman–Crippen LogP) is 5.06. The highest BCUT2D eigenvalue weighted by molar-refractivity contribution is 5.97. The number of carbonyl (C=O) groups excluding carboxylic acids is 1. The Kier molecular flexibility index (Phi) is 4.41. The summed E-state index contributed by atoms with van der Waals surface area (Å²) in [5, 5.41) is 4.56. The van der Waals surface area contributed by atoms with Gasteiger partial charge in [-0.25, -0.2) is 4.79 Å². The zero-order chi connectivity index (χ0) is 20.5. The van der Waals surface area contributed by atoms with E-state index in [1.165, 1.54) is 0 Å². The van der Waals surface area contributed by atoms with Gasteiger partial charge in [0, 0.05) is 10.8 Å². The van der Waals surface area contributed by atoms with E-state index in [0.29, 0.717) is 16.7 Å². The number of fused-ring (bicyclic) bond motifs is 2. The van der Waals surface area contributed by atoms with E-state index >= 15 is 0 Å². The first-order valence-electron chi connectivity index (χ1n) is 9.56. The minimum Gasteiger partial charge on any atom is -0.459 e. The molecule has 2 aromatic heterocycles. The first kappa shape index (κ1) is 17.9. The lowest BCUT2D eigenvalue weighted by Crippen LogP contribution is -2.32. The Labute approximate surface area is 171 Å². The number of hydrogen-bond acceptors (Lipinski definition) is 4. The fourth-order valence-electron chi connectivity index (χ4n) is 3.54. The van der Waals surface area contributed by atoms with Crippen LogP contribution in [0.5, 0.6) is 0 Å². The summed E-state index contributed by atoms with van der Waals surface area (Å²) in [5.74, 6) is 0.0599. The number of hydrogen-bond donors (Lipinski definition) is 1. The molecule has 0 aliphatic rings. The summed E-state index contributed by atoms with van der Waals surface area (Å²) in [4.78, 5) is 25.5. The van der Waals surface area contributed by atoms with Crippen LogP contribution >= 0.6 is 0 Å². The van der Waals surface area contributed by atoms with Crippen molar-refractivity contribution in [2.24, 2.45) is 0 Å². The number of nitrogens with one attached hydrogen (secondary N) is 1. The highest BCUT2D eigenvalue weighted by Gasteiger charge is 2.23. The minimum atomic E-state index is -0.678. The SMILES string of the molecule is O=C(NC(c1ccccc1)c1cc2ccccc2o1)c1cc2ccccc2oc1=O. The van der Waals surface area contributed by atoms with Crippen LogP contribution in [-0.4, -0.2) is 5.91 Å². The maximum absolute atomic E-state index is 13.1. The van der Waals surface area contributed by atoms with E-state index in [1.807, 2.05) is 66.7 Å². The van der Waals surface area contributed by atoms with Crippen LogP contribution in [0.1, 0.15) is 27.7 Å². The third-order valence-corrected chi connectivity index (χ3v) is 5.02. The highest BCUT2D eigenvalue weighted by Crippen LogP contribution is 2.28. The number of benzene rings is 3. The summed E-state index contributed by atoms with van der Waals surface area (Å²) in [6.07, 6.45) is 0. The molecular weight excluding hydrogens is 378 g/mol. The van der Waals surface area contributed by atoms with E-state index < -0.39 is 17.6 Å². The van der Waals surface area contributed by atoms with Gasteiger partial charge >= 0.3 is 5.63 Å². The first-order chi connectivity index (χ1) is 14.7. The largest absolute Gasteiger partial charge is 0.459 e. The summed E-state index contributed by atoms with van der Waals surface area (Å²) >= 11 is 0. The first-order valence-corrected chi connectivity index (χ1v) is 9.56. The summed E-state index contributed by atoms with van der Waals surface area (Å²) in [5.41, 5.74) is 1.28. The Hall–Kier alpha value is -4.12. The van der Waals surface area contributed by atoms with Gasteiger partial charge in [0.15, 0.2) is 0 Å². The second-order valence-corrected chi connectivity index (χ2v) is 6.99. The molecule has 0 aliphatic carbocycles. The molecule has 5 aromatic rings.